The van der Waals surface area contributed by atoms with E-state index in [2.05, 4.69) is 20.8 Å². The lowest BCUT2D eigenvalue weighted by Gasteiger charge is -2.26. The zero-order chi connectivity index (χ0) is 11.5. The molecule has 1 aromatic carbocycles. The summed E-state index contributed by atoms with van der Waals surface area (Å²) in [6, 6.07) is 5.20. The highest BCUT2D eigenvalue weighted by Gasteiger charge is 2.15. The Kier molecular flexibility index (Phi) is 4.10. The molecule has 1 aliphatic heterocycles. The third-order valence-electron chi connectivity index (χ3n) is 2.66. The minimum Gasteiger partial charge on any atom is -0.297 e. The second-order valence-corrected chi connectivity index (χ2v) is 6.42. The van der Waals surface area contributed by atoms with Gasteiger partial charge in [-0.1, -0.05) is 6.07 Å². The topological polar surface area (TPSA) is 20.3 Å². The molecular weight excluding hydrogens is 293 g/mol. The molecule has 0 N–H and O–H groups in total. The van der Waals surface area contributed by atoms with E-state index in [1.54, 1.807) is 12.1 Å². The van der Waals surface area contributed by atoms with E-state index in [9.17, 15) is 8.60 Å². The molecule has 0 aliphatic carbocycles. The van der Waals surface area contributed by atoms with Crippen LogP contribution in [0.25, 0.3) is 0 Å². The Balaban J connectivity index is 1.98. The number of hydrogen-bond acceptors (Lipinski definition) is 2. The first-order valence-corrected chi connectivity index (χ1v) is 7.44. The van der Waals surface area contributed by atoms with Crippen LogP contribution in [0, 0.1) is 5.82 Å². The summed E-state index contributed by atoms with van der Waals surface area (Å²) < 4.78 is 25.0. The second kappa shape index (κ2) is 5.38. The van der Waals surface area contributed by atoms with Gasteiger partial charge in [-0.05, 0) is 33.6 Å². The maximum atomic E-state index is 13.3. The summed E-state index contributed by atoms with van der Waals surface area (Å²) in [6.45, 7) is 2.41. The van der Waals surface area contributed by atoms with Crippen molar-refractivity contribution in [2.45, 2.75) is 6.54 Å². The maximum absolute atomic E-state index is 13.3. The van der Waals surface area contributed by atoms with Crippen LogP contribution in [0.2, 0.25) is 0 Å². The molecule has 1 fully saturated rings. The molecule has 1 saturated heterocycles. The predicted molar refractivity (Wildman–Crippen MR) is 67.3 cm³/mol. The predicted octanol–water partition coefficient (Wildman–Crippen LogP) is 2.15. The zero-order valence-electron chi connectivity index (χ0n) is 8.79. The SMILES string of the molecule is O=S1CCN(Cc2ccc(Br)c(F)c2)CC1. The van der Waals surface area contributed by atoms with Crippen LogP contribution in [-0.4, -0.2) is 33.7 Å². The second-order valence-electron chi connectivity index (χ2n) is 3.87. The van der Waals surface area contributed by atoms with E-state index in [1.807, 2.05) is 6.07 Å². The Morgan fingerprint density at radius 2 is 2.06 bits per heavy atom. The average molecular weight is 306 g/mol. The van der Waals surface area contributed by atoms with Gasteiger partial charge in [0.25, 0.3) is 0 Å². The minimum atomic E-state index is -0.650. The molecule has 0 bridgehead atoms. The third kappa shape index (κ3) is 3.12. The lowest BCUT2D eigenvalue weighted by Crippen LogP contribution is -2.37. The number of rotatable bonds is 2. The van der Waals surface area contributed by atoms with Crippen molar-refractivity contribution < 1.29 is 8.60 Å². The van der Waals surface area contributed by atoms with Crippen LogP contribution in [0.1, 0.15) is 5.56 Å². The number of benzene rings is 1. The number of nitrogens with zero attached hydrogens (tertiary/aromatic N) is 1. The molecule has 16 heavy (non-hydrogen) atoms. The fourth-order valence-corrected chi connectivity index (χ4v) is 3.10. The molecule has 88 valence electrons. The molecule has 0 amide bonds. The lowest BCUT2D eigenvalue weighted by atomic mass is 10.2. The summed E-state index contributed by atoms with van der Waals surface area (Å²) in [6.07, 6.45) is 0. The molecule has 0 aromatic heterocycles. The van der Waals surface area contributed by atoms with Crippen LogP contribution >= 0.6 is 15.9 Å². The van der Waals surface area contributed by atoms with Gasteiger partial charge in [-0.3, -0.25) is 9.11 Å². The first-order chi connectivity index (χ1) is 7.65. The summed E-state index contributed by atoms with van der Waals surface area (Å²) in [5.74, 6) is 1.25. The van der Waals surface area contributed by atoms with Crippen LogP contribution in [-0.2, 0) is 17.3 Å². The van der Waals surface area contributed by atoms with Gasteiger partial charge in [0.1, 0.15) is 5.82 Å². The summed E-state index contributed by atoms with van der Waals surface area (Å²) in [5.41, 5.74) is 0.966. The third-order valence-corrected chi connectivity index (χ3v) is 4.58. The highest BCUT2D eigenvalue weighted by Crippen LogP contribution is 2.17. The zero-order valence-corrected chi connectivity index (χ0v) is 11.2. The first kappa shape index (κ1) is 12.2. The van der Waals surface area contributed by atoms with E-state index in [1.165, 1.54) is 0 Å². The number of halogens is 2. The molecule has 0 radical (unpaired) electrons. The van der Waals surface area contributed by atoms with Crippen molar-refractivity contribution >= 4 is 26.7 Å². The minimum absolute atomic E-state index is 0.224. The van der Waals surface area contributed by atoms with Crippen LogP contribution in [0.15, 0.2) is 22.7 Å². The largest absolute Gasteiger partial charge is 0.297 e. The van der Waals surface area contributed by atoms with Gasteiger partial charge in [-0.15, -0.1) is 0 Å². The van der Waals surface area contributed by atoms with Gasteiger partial charge in [0.05, 0.1) is 4.47 Å². The Hall–Kier alpha value is -0.260. The van der Waals surface area contributed by atoms with Crippen molar-refractivity contribution in [1.82, 2.24) is 4.90 Å². The van der Waals surface area contributed by atoms with E-state index < -0.39 is 10.8 Å². The van der Waals surface area contributed by atoms with Crippen molar-refractivity contribution in [2.24, 2.45) is 0 Å². The van der Waals surface area contributed by atoms with Gasteiger partial charge in [0.15, 0.2) is 0 Å². The molecule has 2 rings (SSSR count). The normalized spacial score (nSPS) is 18.9. The average Bonchev–Trinajstić information content (AvgIpc) is 2.27. The molecular formula is C11H13BrFNOS. The fraction of sp³-hybridized carbons (Fsp3) is 0.455. The molecule has 1 heterocycles. The molecule has 1 aromatic rings. The van der Waals surface area contributed by atoms with E-state index in [4.69, 9.17) is 0 Å². The van der Waals surface area contributed by atoms with Crippen LogP contribution in [0.4, 0.5) is 4.39 Å². The van der Waals surface area contributed by atoms with Crippen molar-refractivity contribution in [2.75, 3.05) is 24.6 Å². The first-order valence-electron chi connectivity index (χ1n) is 5.16. The number of hydrogen-bond donors (Lipinski definition) is 0. The van der Waals surface area contributed by atoms with Gasteiger partial charge >= 0.3 is 0 Å². The molecule has 1 aliphatic rings. The van der Waals surface area contributed by atoms with Crippen LogP contribution < -0.4 is 0 Å². The smallest absolute Gasteiger partial charge is 0.137 e. The molecule has 5 heteroatoms. The van der Waals surface area contributed by atoms with Crippen molar-refractivity contribution in [1.29, 1.82) is 0 Å². The van der Waals surface area contributed by atoms with E-state index in [0.717, 1.165) is 36.7 Å². The highest BCUT2D eigenvalue weighted by molar-refractivity contribution is 9.10. The van der Waals surface area contributed by atoms with Crippen molar-refractivity contribution in [3.05, 3.63) is 34.1 Å². The molecule has 0 unspecified atom stereocenters. The maximum Gasteiger partial charge on any atom is 0.137 e. The highest BCUT2D eigenvalue weighted by atomic mass is 79.9. The van der Waals surface area contributed by atoms with Gasteiger partial charge in [-0.2, -0.15) is 0 Å². The monoisotopic (exact) mass is 305 g/mol. The van der Waals surface area contributed by atoms with Gasteiger partial charge in [0.2, 0.25) is 0 Å². The molecule has 0 saturated carbocycles. The van der Waals surface area contributed by atoms with E-state index in [-0.39, 0.29) is 5.82 Å². The van der Waals surface area contributed by atoms with Gasteiger partial charge in [0, 0.05) is 41.9 Å². The van der Waals surface area contributed by atoms with Crippen molar-refractivity contribution in [3.63, 3.8) is 0 Å². The van der Waals surface area contributed by atoms with Crippen LogP contribution in [0.3, 0.4) is 0 Å². The quantitative estimate of drug-likeness (QED) is 0.834. The van der Waals surface area contributed by atoms with Gasteiger partial charge in [-0.25, -0.2) is 4.39 Å². The lowest BCUT2D eigenvalue weighted by molar-refractivity contribution is 0.291. The summed E-state index contributed by atoms with van der Waals surface area (Å²) in [5, 5.41) is 0. The standard InChI is InChI=1S/C11H13BrFNOS/c12-10-2-1-9(7-11(10)13)8-14-3-5-16(15)6-4-14/h1-2,7H,3-6,8H2. The Morgan fingerprint density at radius 3 is 2.69 bits per heavy atom. The summed E-state index contributed by atoms with van der Waals surface area (Å²) >= 11 is 3.13. The fourth-order valence-electron chi connectivity index (χ4n) is 1.73. The molecule has 0 atom stereocenters. The summed E-state index contributed by atoms with van der Waals surface area (Å²) in [7, 11) is -0.650. The molecule has 2 nitrogen and oxygen atoms in total. The Labute approximate surface area is 105 Å². The Bertz CT molecular complexity index is 403. The van der Waals surface area contributed by atoms with Gasteiger partial charge < -0.3 is 0 Å². The Morgan fingerprint density at radius 1 is 1.38 bits per heavy atom. The van der Waals surface area contributed by atoms with E-state index >= 15 is 0 Å². The van der Waals surface area contributed by atoms with Crippen LogP contribution in [0.5, 0.6) is 0 Å². The van der Waals surface area contributed by atoms with E-state index in [0.29, 0.717) is 4.47 Å². The molecule has 0 spiro atoms. The summed E-state index contributed by atoms with van der Waals surface area (Å²) in [4.78, 5) is 2.21. The van der Waals surface area contributed by atoms with Crippen molar-refractivity contribution in [3.8, 4) is 0 Å².